The average molecular weight is 299 g/mol. The number of aromatic nitrogens is 1. The molecule has 0 saturated carbocycles. The lowest BCUT2D eigenvalue weighted by atomic mass is 10.1. The van der Waals surface area contributed by atoms with E-state index in [1.165, 1.54) is 31.2 Å². The Morgan fingerprint density at radius 1 is 1.24 bits per heavy atom. The second-order valence-corrected chi connectivity index (χ2v) is 4.19. The number of halogens is 4. The van der Waals surface area contributed by atoms with Gasteiger partial charge in [-0.3, -0.25) is 4.79 Å². The summed E-state index contributed by atoms with van der Waals surface area (Å²) in [6, 6.07) is 6.13. The number of ether oxygens (including phenoxy) is 1. The number of carbonyl (C=O) groups is 1. The van der Waals surface area contributed by atoms with Gasteiger partial charge in [0.15, 0.2) is 11.6 Å². The molecule has 0 aliphatic carbocycles. The van der Waals surface area contributed by atoms with Crippen molar-refractivity contribution < 1.29 is 27.1 Å². The molecule has 1 aromatic carbocycles. The predicted octanol–water partition coefficient (Wildman–Crippen LogP) is 4.23. The second kappa shape index (κ2) is 5.51. The number of Topliss-reactive ketones (excluding diaryl/α,β-unsaturated/α-hetero) is 1. The van der Waals surface area contributed by atoms with E-state index in [0.717, 1.165) is 0 Å². The zero-order chi connectivity index (χ0) is 15.6. The van der Waals surface area contributed by atoms with Crippen molar-refractivity contribution >= 4 is 5.78 Å². The Morgan fingerprint density at radius 3 is 2.52 bits per heavy atom. The van der Waals surface area contributed by atoms with E-state index in [-0.39, 0.29) is 11.5 Å². The molecular weight excluding hydrogens is 290 g/mol. The Balaban J connectivity index is 2.28. The predicted molar refractivity (Wildman–Crippen MR) is 65.7 cm³/mol. The molecule has 0 atom stereocenters. The van der Waals surface area contributed by atoms with E-state index in [1.54, 1.807) is 0 Å². The molecule has 0 aliphatic rings. The van der Waals surface area contributed by atoms with Crippen molar-refractivity contribution in [3.05, 3.63) is 53.5 Å². The first-order valence-corrected chi connectivity index (χ1v) is 5.79. The molecule has 0 bridgehead atoms. The van der Waals surface area contributed by atoms with Crippen molar-refractivity contribution in [2.75, 3.05) is 0 Å². The molecule has 2 aromatic rings. The second-order valence-electron chi connectivity index (χ2n) is 4.19. The van der Waals surface area contributed by atoms with Gasteiger partial charge in [0.05, 0.1) is 5.56 Å². The third-order valence-corrected chi connectivity index (χ3v) is 2.59. The van der Waals surface area contributed by atoms with E-state index >= 15 is 0 Å². The van der Waals surface area contributed by atoms with Crippen molar-refractivity contribution in [2.45, 2.75) is 13.1 Å². The highest BCUT2D eigenvalue weighted by Crippen LogP contribution is 2.31. The van der Waals surface area contributed by atoms with E-state index in [0.29, 0.717) is 17.8 Å². The molecule has 0 amide bonds. The summed E-state index contributed by atoms with van der Waals surface area (Å²) in [4.78, 5) is 14.5. The van der Waals surface area contributed by atoms with Gasteiger partial charge in [0.1, 0.15) is 5.75 Å². The van der Waals surface area contributed by atoms with Crippen molar-refractivity contribution in [1.82, 2.24) is 4.98 Å². The lowest BCUT2D eigenvalue weighted by molar-refractivity contribution is -0.138. The Kier molecular flexibility index (Phi) is 3.93. The summed E-state index contributed by atoms with van der Waals surface area (Å²) in [6.45, 7) is 1.34. The summed E-state index contributed by atoms with van der Waals surface area (Å²) >= 11 is 0. The fourth-order valence-corrected chi connectivity index (χ4v) is 1.55. The molecule has 3 nitrogen and oxygen atoms in total. The minimum absolute atomic E-state index is 0.105. The van der Waals surface area contributed by atoms with Crippen LogP contribution in [0.3, 0.4) is 0 Å². The molecule has 0 radical (unpaired) electrons. The maximum absolute atomic E-state index is 13.6. The van der Waals surface area contributed by atoms with Crippen LogP contribution in [0.15, 0.2) is 36.5 Å². The molecule has 1 aromatic heterocycles. The number of hydrogen-bond donors (Lipinski definition) is 0. The Hall–Kier alpha value is -2.44. The first kappa shape index (κ1) is 15.0. The van der Waals surface area contributed by atoms with Crippen LogP contribution in [0.5, 0.6) is 11.6 Å². The minimum Gasteiger partial charge on any atom is -0.436 e. The molecule has 0 N–H and O–H groups in total. The highest BCUT2D eigenvalue weighted by atomic mass is 19.4. The van der Waals surface area contributed by atoms with Gasteiger partial charge in [-0.2, -0.15) is 13.2 Å². The van der Waals surface area contributed by atoms with E-state index in [9.17, 15) is 22.4 Å². The largest absolute Gasteiger partial charge is 0.436 e. The smallest absolute Gasteiger partial charge is 0.417 e. The van der Waals surface area contributed by atoms with Crippen LogP contribution in [0.1, 0.15) is 22.8 Å². The quantitative estimate of drug-likeness (QED) is 0.628. The monoisotopic (exact) mass is 299 g/mol. The third-order valence-electron chi connectivity index (χ3n) is 2.59. The fourth-order valence-electron chi connectivity index (χ4n) is 1.55. The Bertz CT molecular complexity index is 683. The fraction of sp³-hybridized carbons (Fsp3) is 0.143. The van der Waals surface area contributed by atoms with Gasteiger partial charge in [-0.1, -0.05) is 12.1 Å². The van der Waals surface area contributed by atoms with Gasteiger partial charge < -0.3 is 4.74 Å². The van der Waals surface area contributed by atoms with Gasteiger partial charge in [-0.05, 0) is 25.1 Å². The summed E-state index contributed by atoms with van der Waals surface area (Å²) in [5.41, 5.74) is -0.871. The lowest BCUT2D eigenvalue weighted by Gasteiger charge is -2.09. The van der Waals surface area contributed by atoms with E-state index in [4.69, 9.17) is 4.74 Å². The number of benzene rings is 1. The summed E-state index contributed by atoms with van der Waals surface area (Å²) in [5.74, 6) is -1.95. The van der Waals surface area contributed by atoms with Crippen LogP contribution >= 0.6 is 0 Å². The van der Waals surface area contributed by atoms with Gasteiger partial charge in [0, 0.05) is 11.8 Å². The zero-order valence-corrected chi connectivity index (χ0v) is 10.7. The molecule has 21 heavy (non-hydrogen) atoms. The van der Waals surface area contributed by atoms with Crippen molar-refractivity contribution in [1.29, 1.82) is 0 Å². The number of ketones is 1. The third kappa shape index (κ3) is 3.56. The number of carbonyl (C=O) groups excluding carboxylic acids is 1. The molecule has 0 aliphatic heterocycles. The van der Waals surface area contributed by atoms with Crippen LogP contribution in [0.2, 0.25) is 0 Å². The molecule has 0 fully saturated rings. The van der Waals surface area contributed by atoms with Crippen LogP contribution in [0.25, 0.3) is 0 Å². The van der Waals surface area contributed by atoms with Gasteiger partial charge in [-0.25, -0.2) is 9.37 Å². The summed E-state index contributed by atoms with van der Waals surface area (Å²) in [6.07, 6.45) is -4.20. The topological polar surface area (TPSA) is 39.2 Å². The first-order valence-electron chi connectivity index (χ1n) is 5.79. The van der Waals surface area contributed by atoms with Gasteiger partial charge in [0.25, 0.3) is 5.88 Å². The Labute approximate surface area is 117 Å². The van der Waals surface area contributed by atoms with Gasteiger partial charge in [-0.15, -0.1) is 0 Å². The van der Waals surface area contributed by atoms with Gasteiger partial charge >= 0.3 is 6.18 Å². The summed E-state index contributed by atoms with van der Waals surface area (Å²) in [5, 5.41) is 0. The van der Waals surface area contributed by atoms with Crippen molar-refractivity contribution in [2.24, 2.45) is 0 Å². The summed E-state index contributed by atoms with van der Waals surface area (Å²) in [7, 11) is 0. The minimum atomic E-state index is -4.68. The molecule has 2 rings (SSSR count). The molecule has 0 saturated heterocycles. The van der Waals surface area contributed by atoms with Crippen LogP contribution in [0.4, 0.5) is 17.6 Å². The molecule has 1 heterocycles. The SMILES string of the molecule is CC(=O)c1cccc(Oc2ncc(C(F)(F)F)cc2F)c1. The average Bonchev–Trinajstić information content (AvgIpc) is 2.40. The molecule has 110 valence electrons. The molecule has 0 spiro atoms. The van der Waals surface area contributed by atoms with Crippen LogP contribution in [-0.4, -0.2) is 10.8 Å². The molecular formula is C14H9F4NO2. The highest BCUT2D eigenvalue weighted by Gasteiger charge is 2.32. The maximum Gasteiger partial charge on any atom is 0.417 e. The zero-order valence-electron chi connectivity index (χ0n) is 10.7. The van der Waals surface area contributed by atoms with Gasteiger partial charge in [0.2, 0.25) is 0 Å². The standard InChI is InChI=1S/C14H9F4NO2/c1-8(20)9-3-2-4-11(5-9)21-13-12(15)6-10(7-19-13)14(16,17)18/h2-7H,1H3. The molecule has 0 unspecified atom stereocenters. The lowest BCUT2D eigenvalue weighted by Crippen LogP contribution is -2.07. The van der Waals surface area contributed by atoms with E-state index in [2.05, 4.69) is 4.98 Å². The number of rotatable bonds is 3. The van der Waals surface area contributed by atoms with Crippen molar-refractivity contribution in [3.8, 4) is 11.6 Å². The normalized spacial score (nSPS) is 11.3. The van der Waals surface area contributed by atoms with Crippen LogP contribution in [0, 0.1) is 5.82 Å². The van der Waals surface area contributed by atoms with Crippen molar-refractivity contribution in [3.63, 3.8) is 0 Å². The number of alkyl halides is 3. The highest BCUT2D eigenvalue weighted by molar-refractivity contribution is 5.94. The molecule has 7 heteroatoms. The van der Waals surface area contributed by atoms with Crippen LogP contribution in [-0.2, 0) is 6.18 Å². The maximum atomic E-state index is 13.6. The Morgan fingerprint density at radius 2 is 1.95 bits per heavy atom. The number of pyridine rings is 1. The van der Waals surface area contributed by atoms with E-state index in [1.807, 2.05) is 0 Å². The van der Waals surface area contributed by atoms with Crippen LogP contribution < -0.4 is 4.74 Å². The van der Waals surface area contributed by atoms with E-state index < -0.39 is 23.4 Å². The first-order chi connectivity index (χ1) is 9.77. The summed E-state index contributed by atoms with van der Waals surface area (Å²) < 4.78 is 55.8. The number of nitrogens with zero attached hydrogens (tertiary/aromatic N) is 1. The number of hydrogen-bond acceptors (Lipinski definition) is 3.